The van der Waals surface area contributed by atoms with E-state index in [0.29, 0.717) is 5.41 Å². The molecule has 1 nitrogen and oxygen atoms in total. The molecule has 1 aliphatic rings. The summed E-state index contributed by atoms with van der Waals surface area (Å²) in [5.41, 5.74) is 2.08. The molecule has 1 atom stereocenters. The van der Waals surface area contributed by atoms with Crippen LogP contribution in [0.5, 0.6) is 0 Å². The lowest BCUT2D eigenvalue weighted by Gasteiger charge is -2.38. The zero-order chi connectivity index (χ0) is 15.0. The molecule has 0 amide bonds. The van der Waals surface area contributed by atoms with Crippen molar-refractivity contribution in [2.45, 2.75) is 77.7 Å². The number of rotatable bonds is 9. The molecule has 1 aromatic carbocycles. The quantitative estimate of drug-likeness (QED) is 0.645. The molecule has 0 spiro atoms. The van der Waals surface area contributed by atoms with Gasteiger partial charge >= 0.3 is 0 Å². The molecule has 1 fully saturated rings. The van der Waals surface area contributed by atoms with Gasteiger partial charge in [0, 0.05) is 6.04 Å². The molecular weight excluding hydrogens is 254 g/mol. The molecule has 0 radical (unpaired) electrons. The van der Waals surface area contributed by atoms with Crippen molar-refractivity contribution in [1.82, 2.24) is 5.32 Å². The van der Waals surface area contributed by atoms with Gasteiger partial charge < -0.3 is 5.32 Å². The number of hydrogen-bond acceptors (Lipinski definition) is 1. The highest BCUT2D eigenvalue weighted by Crippen LogP contribution is 2.45. The standard InChI is InChI=1S/C20H33N/c1-3-17-21-19(20(4-2)15-8-9-16-20)14-10-13-18-11-6-5-7-12-18/h5-7,11-12,19,21H,3-4,8-10,13-17H2,1-2H3. The summed E-state index contributed by atoms with van der Waals surface area (Å²) in [6.45, 7) is 5.86. The van der Waals surface area contributed by atoms with Gasteiger partial charge in [-0.1, -0.05) is 57.0 Å². The van der Waals surface area contributed by atoms with E-state index in [2.05, 4.69) is 49.5 Å². The van der Waals surface area contributed by atoms with E-state index in [1.807, 2.05) is 0 Å². The maximum Gasteiger partial charge on any atom is 0.0123 e. The Balaban J connectivity index is 1.89. The second kappa shape index (κ2) is 8.58. The van der Waals surface area contributed by atoms with E-state index in [-0.39, 0.29) is 0 Å². The van der Waals surface area contributed by atoms with Crippen LogP contribution in [-0.2, 0) is 6.42 Å². The minimum Gasteiger partial charge on any atom is -0.313 e. The highest BCUT2D eigenvalue weighted by Gasteiger charge is 2.38. The van der Waals surface area contributed by atoms with Gasteiger partial charge in [-0.25, -0.2) is 0 Å². The molecule has 1 saturated carbocycles. The van der Waals surface area contributed by atoms with Crippen LogP contribution < -0.4 is 5.32 Å². The normalized spacial score (nSPS) is 18.8. The molecule has 0 aromatic heterocycles. The predicted octanol–water partition coefficient (Wildman–Crippen LogP) is 5.35. The molecule has 1 heteroatoms. The van der Waals surface area contributed by atoms with E-state index >= 15 is 0 Å². The Bertz CT molecular complexity index is 378. The van der Waals surface area contributed by atoms with Gasteiger partial charge in [0.1, 0.15) is 0 Å². The van der Waals surface area contributed by atoms with Crippen molar-refractivity contribution < 1.29 is 0 Å². The molecule has 2 rings (SSSR count). The molecule has 21 heavy (non-hydrogen) atoms. The third kappa shape index (κ3) is 4.57. The third-order valence-electron chi connectivity index (χ3n) is 5.48. The lowest BCUT2D eigenvalue weighted by atomic mass is 9.74. The van der Waals surface area contributed by atoms with Gasteiger partial charge in [-0.15, -0.1) is 0 Å². The lowest BCUT2D eigenvalue weighted by molar-refractivity contribution is 0.174. The van der Waals surface area contributed by atoms with Crippen LogP contribution in [0.1, 0.15) is 70.8 Å². The van der Waals surface area contributed by atoms with E-state index in [4.69, 9.17) is 0 Å². The lowest BCUT2D eigenvalue weighted by Crippen LogP contribution is -2.44. The molecule has 1 unspecified atom stereocenters. The summed E-state index contributed by atoms with van der Waals surface area (Å²) in [5, 5.41) is 3.89. The van der Waals surface area contributed by atoms with Gasteiger partial charge in [-0.05, 0) is 62.5 Å². The van der Waals surface area contributed by atoms with Crippen LogP contribution in [0.3, 0.4) is 0 Å². The van der Waals surface area contributed by atoms with Crippen LogP contribution in [0.25, 0.3) is 0 Å². The van der Waals surface area contributed by atoms with Crippen LogP contribution in [0.4, 0.5) is 0 Å². The molecule has 1 N–H and O–H groups in total. The zero-order valence-electron chi connectivity index (χ0n) is 14.0. The highest BCUT2D eigenvalue weighted by atomic mass is 14.9. The van der Waals surface area contributed by atoms with E-state index in [1.165, 1.54) is 69.9 Å². The fraction of sp³-hybridized carbons (Fsp3) is 0.700. The van der Waals surface area contributed by atoms with Crippen LogP contribution in [0.15, 0.2) is 30.3 Å². The summed E-state index contributed by atoms with van der Waals surface area (Å²) < 4.78 is 0. The Morgan fingerprint density at radius 1 is 1.10 bits per heavy atom. The first-order valence-corrected chi connectivity index (χ1v) is 9.08. The molecule has 118 valence electrons. The minimum atomic E-state index is 0.589. The second-order valence-corrected chi connectivity index (χ2v) is 6.81. The van der Waals surface area contributed by atoms with Crippen molar-refractivity contribution in [2.24, 2.45) is 5.41 Å². The summed E-state index contributed by atoms with van der Waals surface area (Å²) in [5.74, 6) is 0. The SMILES string of the molecule is CCCNC(CCCc1ccccc1)C1(CC)CCCC1. The van der Waals surface area contributed by atoms with Gasteiger partial charge in [-0.3, -0.25) is 0 Å². The van der Waals surface area contributed by atoms with Crippen molar-refractivity contribution in [3.05, 3.63) is 35.9 Å². The highest BCUT2D eigenvalue weighted by molar-refractivity contribution is 5.14. The van der Waals surface area contributed by atoms with Crippen molar-refractivity contribution in [2.75, 3.05) is 6.54 Å². The Kier molecular flexibility index (Phi) is 6.76. The largest absolute Gasteiger partial charge is 0.313 e. The maximum atomic E-state index is 3.89. The van der Waals surface area contributed by atoms with E-state index in [0.717, 1.165) is 6.04 Å². The van der Waals surface area contributed by atoms with Crippen LogP contribution >= 0.6 is 0 Å². The van der Waals surface area contributed by atoms with Crippen molar-refractivity contribution in [1.29, 1.82) is 0 Å². The van der Waals surface area contributed by atoms with Gasteiger partial charge in [0.15, 0.2) is 0 Å². The molecule has 0 bridgehead atoms. The average Bonchev–Trinajstić information content (AvgIpc) is 3.02. The first-order chi connectivity index (χ1) is 10.3. The van der Waals surface area contributed by atoms with Crippen LogP contribution in [0, 0.1) is 5.41 Å². The smallest absolute Gasteiger partial charge is 0.0123 e. The molecule has 1 aliphatic carbocycles. The number of hydrogen-bond donors (Lipinski definition) is 1. The molecule has 0 aliphatic heterocycles. The van der Waals surface area contributed by atoms with Gasteiger partial charge in [0.2, 0.25) is 0 Å². The molecular formula is C20H33N. The fourth-order valence-electron chi connectivity index (χ4n) is 4.13. The summed E-state index contributed by atoms with van der Waals surface area (Å²) in [6.07, 6.45) is 12.2. The Morgan fingerprint density at radius 3 is 2.43 bits per heavy atom. The Morgan fingerprint density at radius 2 is 1.81 bits per heavy atom. The molecule has 0 saturated heterocycles. The fourth-order valence-corrected chi connectivity index (χ4v) is 4.13. The van der Waals surface area contributed by atoms with E-state index in [1.54, 1.807) is 0 Å². The first-order valence-electron chi connectivity index (χ1n) is 9.08. The van der Waals surface area contributed by atoms with E-state index < -0.39 is 0 Å². The summed E-state index contributed by atoms with van der Waals surface area (Å²) in [7, 11) is 0. The number of benzene rings is 1. The monoisotopic (exact) mass is 287 g/mol. The first kappa shape index (κ1) is 16.5. The number of aryl methyl sites for hydroxylation is 1. The van der Waals surface area contributed by atoms with Gasteiger partial charge in [-0.2, -0.15) is 0 Å². The predicted molar refractivity (Wildman–Crippen MR) is 92.7 cm³/mol. The summed E-state index contributed by atoms with van der Waals surface area (Å²) in [4.78, 5) is 0. The van der Waals surface area contributed by atoms with Crippen LogP contribution in [-0.4, -0.2) is 12.6 Å². The van der Waals surface area contributed by atoms with Gasteiger partial charge in [0.05, 0.1) is 0 Å². The topological polar surface area (TPSA) is 12.0 Å². The van der Waals surface area contributed by atoms with Crippen molar-refractivity contribution in [3.8, 4) is 0 Å². The Hall–Kier alpha value is -0.820. The third-order valence-corrected chi connectivity index (χ3v) is 5.48. The second-order valence-electron chi connectivity index (χ2n) is 6.81. The zero-order valence-corrected chi connectivity index (χ0v) is 14.0. The van der Waals surface area contributed by atoms with Gasteiger partial charge in [0.25, 0.3) is 0 Å². The maximum absolute atomic E-state index is 3.89. The van der Waals surface area contributed by atoms with Crippen molar-refractivity contribution in [3.63, 3.8) is 0 Å². The van der Waals surface area contributed by atoms with Crippen molar-refractivity contribution >= 4 is 0 Å². The number of nitrogens with one attached hydrogen (secondary N) is 1. The van der Waals surface area contributed by atoms with Crippen LogP contribution in [0.2, 0.25) is 0 Å². The van der Waals surface area contributed by atoms with E-state index in [9.17, 15) is 0 Å². The average molecular weight is 287 g/mol. The Labute approximate surface area is 131 Å². The molecule has 1 aromatic rings. The summed E-state index contributed by atoms with van der Waals surface area (Å²) in [6, 6.07) is 11.7. The molecule has 0 heterocycles. The summed E-state index contributed by atoms with van der Waals surface area (Å²) >= 11 is 0. The minimum absolute atomic E-state index is 0.589.